The third-order valence-electron chi connectivity index (χ3n) is 5.77. The van der Waals surface area contributed by atoms with Gasteiger partial charge in [0.05, 0.1) is 43.6 Å². The van der Waals surface area contributed by atoms with Gasteiger partial charge in [0, 0.05) is 11.9 Å². The van der Waals surface area contributed by atoms with Crippen molar-refractivity contribution in [2.24, 2.45) is 0 Å². The molecule has 10 heteroatoms. The largest absolute Gasteiger partial charge is 0.497 e. The molecule has 4 rings (SSSR count). The van der Waals surface area contributed by atoms with E-state index in [1.807, 2.05) is 12.1 Å². The van der Waals surface area contributed by atoms with Gasteiger partial charge < -0.3 is 19.7 Å². The fourth-order valence-electron chi connectivity index (χ4n) is 3.94. The number of hydrogen-bond donors (Lipinski definition) is 1. The number of carbonyl (C=O) groups is 3. The van der Waals surface area contributed by atoms with E-state index in [4.69, 9.17) is 21.7 Å². The van der Waals surface area contributed by atoms with E-state index < -0.39 is 12.0 Å². The van der Waals surface area contributed by atoms with Gasteiger partial charge in [-0.05, 0) is 79.8 Å². The van der Waals surface area contributed by atoms with Gasteiger partial charge in [-0.15, -0.1) is 0 Å². The van der Waals surface area contributed by atoms with E-state index in [1.54, 1.807) is 79.7 Å². The van der Waals surface area contributed by atoms with Crippen molar-refractivity contribution < 1.29 is 23.9 Å². The summed E-state index contributed by atoms with van der Waals surface area (Å²) in [5, 5.41) is 3.08. The number of nitrogens with one attached hydrogen (secondary N) is 1. The molecule has 3 aromatic rings. The molecule has 2 heterocycles. The number of benzene rings is 2. The SMILES string of the molecule is CCOC(=O)c1ccc(NC(=O)C[C@@H]2C(=O)N(c3ccc(OC)cc3)C(=S)N2Cc2ccccn2)cc1. The van der Waals surface area contributed by atoms with Crippen LogP contribution >= 0.6 is 12.2 Å². The van der Waals surface area contributed by atoms with Gasteiger partial charge in [0.1, 0.15) is 11.8 Å². The molecule has 1 atom stereocenters. The predicted octanol–water partition coefficient (Wildman–Crippen LogP) is 3.80. The summed E-state index contributed by atoms with van der Waals surface area (Å²) in [5.41, 5.74) is 2.18. The number of thiocarbonyl (C=S) groups is 1. The Morgan fingerprint density at radius 1 is 1.05 bits per heavy atom. The van der Waals surface area contributed by atoms with Crippen molar-refractivity contribution in [3.63, 3.8) is 0 Å². The standard InChI is InChI=1S/C27H26N4O5S/c1-3-36-26(34)18-7-9-19(10-8-18)29-24(32)16-23-25(33)31(21-11-13-22(35-2)14-12-21)27(37)30(23)17-20-6-4-5-15-28-20/h4-15,23H,3,16-17H2,1-2H3,(H,29,32)/t23-/m1/s1. The smallest absolute Gasteiger partial charge is 0.338 e. The van der Waals surface area contributed by atoms with Crippen molar-refractivity contribution in [3.8, 4) is 5.75 Å². The van der Waals surface area contributed by atoms with Crippen molar-refractivity contribution in [1.82, 2.24) is 9.88 Å². The lowest BCUT2D eigenvalue weighted by atomic mass is 10.1. The van der Waals surface area contributed by atoms with E-state index in [9.17, 15) is 14.4 Å². The van der Waals surface area contributed by atoms with Crippen LogP contribution in [0.25, 0.3) is 0 Å². The minimum Gasteiger partial charge on any atom is -0.497 e. The zero-order valence-corrected chi connectivity index (χ0v) is 21.2. The molecule has 0 aliphatic carbocycles. The van der Waals surface area contributed by atoms with Crippen LogP contribution in [-0.4, -0.2) is 52.5 Å². The maximum absolute atomic E-state index is 13.6. The molecule has 1 saturated heterocycles. The molecule has 1 aliphatic rings. The Hall–Kier alpha value is -4.31. The third kappa shape index (κ3) is 5.92. The summed E-state index contributed by atoms with van der Waals surface area (Å²) in [6.45, 7) is 2.27. The first-order valence-corrected chi connectivity index (χ1v) is 12.1. The molecule has 190 valence electrons. The van der Waals surface area contributed by atoms with Crippen LogP contribution in [0.5, 0.6) is 5.75 Å². The molecule has 0 spiro atoms. The van der Waals surface area contributed by atoms with Gasteiger partial charge in [0.25, 0.3) is 5.91 Å². The monoisotopic (exact) mass is 518 g/mol. The maximum Gasteiger partial charge on any atom is 0.338 e. The highest BCUT2D eigenvalue weighted by atomic mass is 32.1. The molecule has 0 bridgehead atoms. The van der Waals surface area contributed by atoms with Crippen molar-refractivity contribution >= 4 is 46.5 Å². The van der Waals surface area contributed by atoms with Crippen molar-refractivity contribution in [2.75, 3.05) is 23.9 Å². The van der Waals surface area contributed by atoms with Gasteiger partial charge in [-0.25, -0.2) is 4.79 Å². The highest BCUT2D eigenvalue weighted by molar-refractivity contribution is 7.80. The number of rotatable bonds is 9. The van der Waals surface area contributed by atoms with Crippen molar-refractivity contribution in [1.29, 1.82) is 0 Å². The lowest BCUT2D eigenvalue weighted by Gasteiger charge is -2.23. The van der Waals surface area contributed by atoms with Gasteiger partial charge in [0.2, 0.25) is 5.91 Å². The summed E-state index contributed by atoms with van der Waals surface area (Å²) in [7, 11) is 1.56. The van der Waals surface area contributed by atoms with Gasteiger partial charge in [0.15, 0.2) is 5.11 Å². The van der Waals surface area contributed by atoms with Crippen LogP contribution in [-0.2, 0) is 20.9 Å². The Bertz CT molecular complexity index is 1280. The summed E-state index contributed by atoms with van der Waals surface area (Å²) < 4.78 is 10.2. The predicted molar refractivity (Wildman–Crippen MR) is 142 cm³/mol. The van der Waals surface area contributed by atoms with Crippen LogP contribution in [0.4, 0.5) is 11.4 Å². The topological polar surface area (TPSA) is 101 Å². The molecule has 1 N–H and O–H groups in total. The first-order valence-electron chi connectivity index (χ1n) is 11.7. The number of hydrogen-bond acceptors (Lipinski definition) is 7. The highest BCUT2D eigenvalue weighted by Crippen LogP contribution is 2.30. The quantitative estimate of drug-likeness (QED) is 0.337. The maximum atomic E-state index is 13.6. The molecule has 0 saturated carbocycles. The second kappa shape index (κ2) is 11.6. The number of ether oxygens (including phenoxy) is 2. The number of amides is 2. The molecule has 1 aliphatic heterocycles. The molecule has 37 heavy (non-hydrogen) atoms. The van der Waals surface area contributed by atoms with Crippen LogP contribution in [0.1, 0.15) is 29.4 Å². The molecular formula is C27H26N4O5S. The van der Waals surface area contributed by atoms with Gasteiger partial charge in [-0.1, -0.05) is 6.07 Å². The minimum atomic E-state index is -0.824. The van der Waals surface area contributed by atoms with Crippen molar-refractivity contribution in [3.05, 3.63) is 84.2 Å². The van der Waals surface area contributed by atoms with Crippen LogP contribution in [0, 0.1) is 0 Å². The number of nitrogens with zero attached hydrogens (tertiary/aromatic N) is 3. The fourth-order valence-corrected chi connectivity index (χ4v) is 4.33. The Labute approximate surface area is 220 Å². The van der Waals surface area contributed by atoms with E-state index in [2.05, 4.69) is 10.3 Å². The van der Waals surface area contributed by atoms with Gasteiger partial charge >= 0.3 is 5.97 Å². The average molecular weight is 519 g/mol. The summed E-state index contributed by atoms with van der Waals surface area (Å²) >= 11 is 5.70. The zero-order chi connectivity index (χ0) is 26.4. The van der Waals surface area contributed by atoms with Gasteiger partial charge in [-0.3, -0.25) is 19.5 Å². The normalized spacial score (nSPS) is 15.0. The second-order valence-electron chi connectivity index (χ2n) is 8.17. The summed E-state index contributed by atoms with van der Waals surface area (Å²) in [5.74, 6) is -0.461. The number of anilines is 2. The van der Waals surface area contributed by atoms with Crippen molar-refractivity contribution in [2.45, 2.75) is 25.9 Å². The molecular weight excluding hydrogens is 492 g/mol. The van der Waals surface area contributed by atoms with Crippen LogP contribution in [0.2, 0.25) is 0 Å². The molecule has 1 aromatic heterocycles. The number of esters is 1. The summed E-state index contributed by atoms with van der Waals surface area (Å²) in [6.07, 6.45) is 1.54. The number of carbonyl (C=O) groups excluding carboxylic acids is 3. The van der Waals surface area contributed by atoms with E-state index in [0.717, 1.165) is 0 Å². The molecule has 9 nitrogen and oxygen atoms in total. The number of methoxy groups -OCH3 is 1. The van der Waals surface area contributed by atoms with Crippen LogP contribution < -0.4 is 15.0 Å². The molecule has 2 aromatic carbocycles. The Kier molecular flexibility index (Phi) is 8.09. The van der Waals surface area contributed by atoms with E-state index >= 15 is 0 Å². The Morgan fingerprint density at radius 3 is 2.41 bits per heavy atom. The molecule has 1 fully saturated rings. The zero-order valence-electron chi connectivity index (χ0n) is 20.4. The lowest BCUT2D eigenvalue weighted by Crippen LogP contribution is -2.37. The highest BCUT2D eigenvalue weighted by Gasteiger charge is 2.44. The molecule has 0 unspecified atom stereocenters. The second-order valence-corrected chi connectivity index (χ2v) is 8.53. The summed E-state index contributed by atoms with van der Waals surface area (Å²) in [4.78, 5) is 45.9. The molecule has 0 radical (unpaired) electrons. The Morgan fingerprint density at radius 2 is 1.78 bits per heavy atom. The van der Waals surface area contributed by atoms with Crippen LogP contribution in [0.3, 0.4) is 0 Å². The first-order chi connectivity index (χ1) is 17.9. The third-order valence-corrected chi connectivity index (χ3v) is 6.18. The van der Waals surface area contributed by atoms with E-state index in [-0.39, 0.29) is 36.5 Å². The van der Waals surface area contributed by atoms with E-state index in [0.29, 0.717) is 28.4 Å². The lowest BCUT2D eigenvalue weighted by molar-refractivity contribution is -0.124. The first kappa shape index (κ1) is 25.8. The summed E-state index contributed by atoms with van der Waals surface area (Å²) in [6, 6.07) is 18.0. The molecule has 2 amide bonds. The average Bonchev–Trinajstić information content (AvgIpc) is 3.13. The van der Waals surface area contributed by atoms with E-state index in [1.165, 1.54) is 4.90 Å². The minimum absolute atomic E-state index is 0.127. The van der Waals surface area contributed by atoms with Crippen LogP contribution in [0.15, 0.2) is 72.9 Å². The number of aromatic nitrogens is 1. The number of pyridine rings is 1. The van der Waals surface area contributed by atoms with Gasteiger partial charge in [-0.2, -0.15) is 0 Å². The Balaban J connectivity index is 1.53. The fraction of sp³-hybridized carbons (Fsp3) is 0.222.